The Labute approximate surface area is 170 Å². The molecular weight excluding hydrogens is 421 g/mol. The smallest absolute Gasteiger partial charge is 0.480 e. The first-order chi connectivity index (χ1) is 14.3. The Kier molecular flexibility index (Phi) is 7.08. The topological polar surface area (TPSA) is 149 Å². The number of carboxylic acid groups (broad SMARTS) is 1. The van der Waals surface area contributed by atoms with Gasteiger partial charge in [-0.05, 0) is 23.6 Å². The maximum Gasteiger partial charge on any atom is 0.653 e. The van der Waals surface area contributed by atoms with Crippen LogP contribution in [0.3, 0.4) is 0 Å². The van der Waals surface area contributed by atoms with E-state index in [9.17, 15) is 24.1 Å². The summed E-state index contributed by atoms with van der Waals surface area (Å²) in [6.45, 7) is 0.973. The van der Waals surface area contributed by atoms with E-state index >= 15 is 0 Å². The van der Waals surface area contributed by atoms with E-state index in [-0.39, 0.29) is 19.0 Å². The van der Waals surface area contributed by atoms with Crippen molar-refractivity contribution >= 4 is 14.1 Å². The molecule has 1 fully saturated rings. The van der Waals surface area contributed by atoms with Gasteiger partial charge < -0.3 is 19.4 Å². The van der Waals surface area contributed by atoms with Crippen LogP contribution in [0.15, 0.2) is 52.2 Å². The van der Waals surface area contributed by atoms with E-state index in [4.69, 9.17) is 18.8 Å². The van der Waals surface area contributed by atoms with Crippen LogP contribution < -0.4 is 16.1 Å². The zero-order chi connectivity index (χ0) is 21.7. The summed E-state index contributed by atoms with van der Waals surface area (Å²) in [6.07, 6.45) is -0.509. The lowest BCUT2D eigenvalue weighted by molar-refractivity contribution is -0.148. The molecule has 0 amide bonds. The number of aliphatic carboxylic acids is 1. The van der Waals surface area contributed by atoms with Crippen molar-refractivity contribution in [3.8, 4) is 5.75 Å². The van der Waals surface area contributed by atoms with E-state index in [1.807, 2.05) is 0 Å². The molecule has 2 unspecified atom stereocenters. The van der Waals surface area contributed by atoms with Gasteiger partial charge in [-0.1, -0.05) is 18.2 Å². The molecule has 3 rings (SSSR count). The van der Waals surface area contributed by atoms with Crippen LogP contribution in [0.2, 0.25) is 0 Å². The Balaban J connectivity index is 1.60. The van der Waals surface area contributed by atoms with Crippen LogP contribution in [-0.2, 0) is 23.4 Å². The fraction of sp³-hybridized carbons (Fsp3) is 0.353. The van der Waals surface area contributed by atoms with Crippen LogP contribution in [0.25, 0.3) is 0 Å². The number of hydrogen-bond acceptors (Lipinski definition) is 8. The molecule has 4 atom stereocenters. The fourth-order valence-corrected chi connectivity index (χ4v) is 3.36. The van der Waals surface area contributed by atoms with Crippen molar-refractivity contribution in [3.05, 3.63) is 63.4 Å². The molecule has 0 radical (unpaired) electrons. The molecule has 1 aromatic carbocycles. The van der Waals surface area contributed by atoms with Gasteiger partial charge >= 0.3 is 19.8 Å². The third-order valence-corrected chi connectivity index (χ3v) is 5.13. The minimum Gasteiger partial charge on any atom is -0.480 e. The first-order valence-corrected chi connectivity index (χ1v) is 9.92. The van der Waals surface area contributed by atoms with Gasteiger partial charge in [-0.15, -0.1) is 4.52 Å². The molecule has 0 saturated carbocycles. The van der Waals surface area contributed by atoms with E-state index in [1.54, 1.807) is 30.3 Å². The lowest BCUT2D eigenvalue weighted by Crippen LogP contribution is -2.37. The molecule has 1 saturated heterocycles. The number of nitrogens with one attached hydrogen (secondary N) is 1. The van der Waals surface area contributed by atoms with Crippen LogP contribution in [0.5, 0.6) is 5.75 Å². The van der Waals surface area contributed by atoms with Crippen molar-refractivity contribution in [2.24, 2.45) is 0 Å². The molecule has 160 valence electrons. The lowest BCUT2D eigenvalue weighted by atomic mass is 10.3. The van der Waals surface area contributed by atoms with Crippen molar-refractivity contribution < 1.29 is 33.3 Å². The minimum absolute atomic E-state index is 0.00742. The second-order valence-electron chi connectivity index (χ2n) is 6.13. The van der Waals surface area contributed by atoms with Crippen LogP contribution in [0.4, 0.5) is 0 Å². The number of rotatable bonds is 9. The van der Waals surface area contributed by atoms with Crippen LogP contribution in [0.1, 0.15) is 13.2 Å². The highest BCUT2D eigenvalue weighted by atomic mass is 31.1. The van der Waals surface area contributed by atoms with E-state index < -0.39 is 44.0 Å². The average molecular weight is 440 g/mol. The molecule has 2 N–H and O–H groups in total. The summed E-state index contributed by atoms with van der Waals surface area (Å²) in [4.78, 5) is 42.5. The van der Waals surface area contributed by atoms with E-state index in [0.717, 1.165) is 15.5 Å². The highest BCUT2D eigenvalue weighted by molar-refractivity contribution is 7.36. The molecular formula is C17H19N3O9P+. The number of hydrogen-bond donors (Lipinski definition) is 2. The largest absolute Gasteiger partial charge is 0.653 e. The van der Waals surface area contributed by atoms with Crippen molar-refractivity contribution in [3.63, 3.8) is 0 Å². The second-order valence-corrected chi connectivity index (χ2v) is 7.25. The summed E-state index contributed by atoms with van der Waals surface area (Å²) in [5.74, 6) is -0.979. The van der Waals surface area contributed by atoms with Crippen molar-refractivity contribution in [2.45, 2.75) is 25.5 Å². The maximum atomic E-state index is 12.6. The minimum atomic E-state index is -2.73. The Morgan fingerprint density at radius 2 is 2.10 bits per heavy atom. The number of aromatic nitrogens is 2. The number of H-pyrrole nitrogens is 1. The summed E-state index contributed by atoms with van der Waals surface area (Å²) >= 11 is 0. The molecule has 13 heteroatoms. The van der Waals surface area contributed by atoms with E-state index in [2.05, 4.69) is 4.98 Å². The zero-order valence-corrected chi connectivity index (χ0v) is 16.6. The lowest BCUT2D eigenvalue weighted by Gasteiger charge is -2.15. The molecule has 12 nitrogen and oxygen atoms in total. The van der Waals surface area contributed by atoms with Gasteiger partial charge in [-0.2, -0.15) is 0 Å². The quantitative estimate of drug-likeness (QED) is 0.424. The van der Waals surface area contributed by atoms with Crippen molar-refractivity contribution in [1.29, 1.82) is 0 Å². The highest BCUT2D eigenvalue weighted by Crippen LogP contribution is 2.34. The number of hydroxylamine groups is 1. The molecule has 2 heterocycles. The van der Waals surface area contributed by atoms with Gasteiger partial charge in [0, 0.05) is 12.3 Å². The maximum absolute atomic E-state index is 12.6. The van der Waals surface area contributed by atoms with Gasteiger partial charge in [0.2, 0.25) is 0 Å². The number of ether oxygens (including phenoxy) is 2. The van der Waals surface area contributed by atoms with Gasteiger partial charge in [0.05, 0.1) is 6.61 Å². The Morgan fingerprint density at radius 1 is 1.37 bits per heavy atom. The Hall–Kier alpha value is -2.89. The Bertz CT molecular complexity index is 1010. The zero-order valence-electron chi connectivity index (χ0n) is 15.7. The average Bonchev–Trinajstić information content (AvgIpc) is 3.19. The first-order valence-electron chi connectivity index (χ1n) is 8.79. The van der Waals surface area contributed by atoms with Gasteiger partial charge in [-0.3, -0.25) is 19.1 Å². The fourth-order valence-electron chi connectivity index (χ4n) is 2.45. The number of carbonyl (C=O) groups is 1. The third-order valence-electron chi connectivity index (χ3n) is 4.01. The summed E-state index contributed by atoms with van der Waals surface area (Å²) < 4.78 is 29.8. The van der Waals surface area contributed by atoms with Crippen molar-refractivity contribution in [1.82, 2.24) is 14.4 Å². The molecule has 0 bridgehead atoms. The predicted octanol–water partition coefficient (Wildman–Crippen LogP) is 0.851. The number of aromatic amines is 1. The second kappa shape index (κ2) is 9.74. The molecule has 1 aromatic heterocycles. The number of carboxylic acids is 1. The van der Waals surface area contributed by atoms with Crippen LogP contribution >= 0.6 is 8.18 Å². The summed E-state index contributed by atoms with van der Waals surface area (Å²) in [6, 6.07) is 8.12. The molecule has 2 aromatic rings. The molecule has 30 heavy (non-hydrogen) atoms. The molecule has 1 aliphatic heterocycles. The van der Waals surface area contributed by atoms with Crippen LogP contribution in [-0.4, -0.2) is 51.0 Å². The molecule has 0 aliphatic carbocycles. The first kappa shape index (κ1) is 21.8. The predicted molar refractivity (Wildman–Crippen MR) is 101 cm³/mol. The third kappa shape index (κ3) is 5.38. The van der Waals surface area contributed by atoms with Gasteiger partial charge in [0.1, 0.15) is 4.83 Å². The number of para-hydroxylation sites is 1. The van der Waals surface area contributed by atoms with E-state index in [1.165, 1.54) is 13.1 Å². The normalized spacial score (nSPS) is 20.1. The standard InChI is InChI=1S/C17H18N3O9P/c1-11(16(22)23)20(29-12-5-3-2-4-6-12)30(25)27-10-15-26-9-14(28-15)19-8-7-13(21)18-17(19)24/h2-8,11,14-15H,9-10H2,1H3,(H-,18,21,22,23,24)/p+1/t11?,14-,15-/m1/s1. The monoisotopic (exact) mass is 440 g/mol. The SMILES string of the molecule is CC(C(=O)O)N(Oc1ccccc1)[P+](=O)OC[C@@H]1OC[C@H](n2ccc(=O)[nH]c2=O)O1. The van der Waals surface area contributed by atoms with Gasteiger partial charge in [-0.25, -0.2) is 4.79 Å². The summed E-state index contributed by atoms with van der Waals surface area (Å²) in [5, 5.41) is 9.25. The van der Waals surface area contributed by atoms with Gasteiger partial charge in [0.25, 0.3) is 5.56 Å². The Morgan fingerprint density at radius 3 is 2.77 bits per heavy atom. The summed E-state index contributed by atoms with van der Waals surface area (Å²) in [5.41, 5.74) is -1.21. The van der Waals surface area contributed by atoms with E-state index in [0.29, 0.717) is 0 Å². The van der Waals surface area contributed by atoms with Crippen LogP contribution in [0, 0.1) is 0 Å². The van der Waals surface area contributed by atoms with Crippen molar-refractivity contribution in [2.75, 3.05) is 13.2 Å². The molecule has 1 aliphatic rings. The molecule has 0 spiro atoms. The highest BCUT2D eigenvalue weighted by Gasteiger charge is 2.43. The number of nitrogens with zero attached hydrogens (tertiary/aromatic N) is 2. The number of benzene rings is 1. The summed E-state index contributed by atoms with van der Waals surface area (Å²) in [7, 11) is -2.73. The van der Waals surface area contributed by atoms with Gasteiger partial charge in [0.15, 0.2) is 30.9 Å².